The van der Waals surface area contributed by atoms with Crippen molar-refractivity contribution in [3.63, 3.8) is 0 Å². The van der Waals surface area contributed by atoms with Crippen LogP contribution in [0.5, 0.6) is 5.75 Å². The summed E-state index contributed by atoms with van der Waals surface area (Å²) in [6, 6.07) is 14.7. The van der Waals surface area contributed by atoms with E-state index in [-0.39, 0.29) is 11.9 Å². The van der Waals surface area contributed by atoms with Crippen molar-refractivity contribution in [2.75, 3.05) is 13.2 Å². The Morgan fingerprint density at radius 2 is 1.95 bits per heavy atom. The standard InChI is InChI=1S/C16H17BrFNO/c1-12(15-8-7-13(17)11-16(15)18)19-9-10-20-14-5-3-2-4-6-14/h2-8,11-12,19H,9-10H2,1H3. The van der Waals surface area contributed by atoms with Crippen LogP contribution in [0, 0.1) is 5.82 Å². The van der Waals surface area contributed by atoms with E-state index < -0.39 is 0 Å². The minimum atomic E-state index is -0.205. The van der Waals surface area contributed by atoms with Gasteiger partial charge in [0.2, 0.25) is 0 Å². The van der Waals surface area contributed by atoms with Gasteiger partial charge in [-0.15, -0.1) is 0 Å². The lowest BCUT2D eigenvalue weighted by Gasteiger charge is -2.15. The SMILES string of the molecule is CC(NCCOc1ccccc1)c1ccc(Br)cc1F. The van der Waals surface area contributed by atoms with Crippen LogP contribution in [0.2, 0.25) is 0 Å². The van der Waals surface area contributed by atoms with Crippen molar-refractivity contribution in [3.8, 4) is 5.75 Å². The summed E-state index contributed by atoms with van der Waals surface area (Å²) >= 11 is 3.25. The molecule has 0 spiro atoms. The lowest BCUT2D eigenvalue weighted by molar-refractivity contribution is 0.307. The summed E-state index contributed by atoms with van der Waals surface area (Å²) < 4.78 is 20.1. The van der Waals surface area contributed by atoms with E-state index in [0.29, 0.717) is 18.7 Å². The van der Waals surface area contributed by atoms with Gasteiger partial charge in [-0.3, -0.25) is 0 Å². The number of nitrogens with one attached hydrogen (secondary N) is 1. The number of hydrogen-bond acceptors (Lipinski definition) is 2. The summed E-state index contributed by atoms with van der Waals surface area (Å²) in [5.74, 6) is 0.639. The molecule has 0 saturated heterocycles. The molecular formula is C16H17BrFNO. The van der Waals surface area contributed by atoms with E-state index in [4.69, 9.17) is 4.74 Å². The minimum Gasteiger partial charge on any atom is -0.492 e. The maximum Gasteiger partial charge on any atom is 0.129 e. The molecule has 2 nitrogen and oxygen atoms in total. The molecule has 0 radical (unpaired) electrons. The Hall–Kier alpha value is -1.39. The zero-order chi connectivity index (χ0) is 14.4. The third kappa shape index (κ3) is 4.32. The van der Waals surface area contributed by atoms with E-state index in [2.05, 4.69) is 21.2 Å². The second-order valence-electron chi connectivity index (χ2n) is 4.50. The second kappa shape index (κ2) is 7.41. The first-order chi connectivity index (χ1) is 9.66. The van der Waals surface area contributed by atoms with Crippen molar-refractivity contribution in [1.29, 1.82) is 0 Å². The summed E-state index contributed by atoms with van der Waals surface area (Å²) in [5, 5.41) is 3.25. The largest absolute Gasteiger partial charge is 0.492 e. The van der Waals surface area contributed by atoms with Gasteiger partial charge in [0.05, 0.1) is 0 Å². The van der Waals surface area contributed by atoms with Crippen molar-refractivity contribution >= 4 is 15.9 Å². The zero-order valence-corrected chi connectivity index (χ0v) is 12.9. The molecule has 1 atom stereocenters. The van der Waals surface area contributed by atoms with Crippen LogP contribution < -0.4 is 10.1 Å². The molecule has 1 unspecified atom stereocenters. The summed E-state index contributed by atoms with van der Waals surface area (Å²) in [6.45, 7) is 3.15. The highest BCUT2D eigenvalue weighted by molar-refractivity contribution is 9.10. The molecular weight excluding hydrogens is 321 g/mol. The average molecular weight is 338 g/mol. The van der Waals surface area contributed by atoms with Crippen LogP contribution in [0.3, 0.4) is 0 Å². The third-order valence-electron chi connectivity index (χ3n) is 2.99. The van der Waals surface area contributed by atoms with E-state index in [0.717, 1.165) is 10.2 Å². The molecule has 0 amide bonds. The third-order valence-corrected chi connectivity index (χ3v) is 3.49. The van der Waals surface area contributed by atoms with E-state index in [1.54, 1.807) is 6.07 Å². The van der Waals surface area contributed by atoms with Crippen LogP contribution in [0.15, 0.2) is 53.0 Å². The number of ether oxygens (including phenoxy) is 1. The van der Waals surface area contributed by atoms with E-state index >= 15 is 0 Å². The Bertz CT molecular complexity index is 547. The van der Waals surface area contributed by atoms with Crippen LogP contribution in [0.4, 0.5) is 4.39 Å². The molecule has 0 saturated carbocycles. The number of hydrogen-bond donors (Lipinski definition) is 1. The Morgan fingerprint density at radius 1 is 1.20 bits per heavy atom. The Morgan fingerprint density at radius 3 is 2.65 bits per heavy atom. The Labute approximate surface area is 127 Å². The van der Waals surface area contributed by atoms with Gasteiger partial charge in [0.1, 0.15) is 18.2 Å². The molecule has 0 fully saturated rings. The predicted molar refractivity (Wildman–Crippen MR) is 82.5 cm³/mol. The number of para-hydroxylation sites is 1. The van der Waals surface area contributed by atoms with Crippen molar-refractivity contribution < 1.29 is 9.13 Å². The predicted octanol–water partition coefficient (Wildman–Crippen LogP) is 4.32. The van der Waals surface area contributed by atoms with Gasteiger partial charge < -0.3 is 10.1 Å². The monoisotopic (exact) mass is 337 g/mol. The first-order valence-electron chi connectivity index (χ1n) is 6.53. The lowest BCUT2D eigenvalue weighted by Crippen LogP contribution is -2.25. The van der Waals surface area contributed by atoms with E-state index in [1.165, 1.54) is 6.07 Å². The number of benzene rings is 2. The van der Waals surface area contributed by atoms with Crippen LogP contribution in [-0.2, 0) is 0 Å². The van der Waals surface area contributed by atoms with Gasteiger partial charge in [0.25, 0.3) is 0 Å². The topological polar surface area (TPSA) is 21.3 Å². The van der Waals surface area contributed by atoms with Gasteiger partial charge in [0, 0.05) is 22.6 Å². The fourth-order valence-corrected chi connectivity index (χ4v) is 2.26. The number of rotatable bonds is 6. The molecule has 2 rings (SSSR count). The average Bonchev–Trinajstić information content (AvgIpc) is 2.44. The van der Waals surface area contributed by atoms with Crippen LogP contribution in [-0.4, -0.2) is 13.2 Å². The molecule has 4 heteroatoms. The smallest absolute Gasteiger partial charge is 0.129 e. The zero-order valence-electron chi connectivity index (χ0n) is 11.3. The van der Waals surface area contributed by atoms with Crippen LogP contribution in [0.25, 0.3) is 0 Å². The highest BCUT2D eigenvalue weighted by Crippen LogP contribution is 2.20. The second-order valence-corrected chi connectivity index (χ2v) is 5.42. The molecule has 0 aliphatic rings. The molecule has 0 heterocycles. The van der Waals surface area contributed by atoms with Gasteiger partial charge in [-0.2, -0.15) is 0 Å². The first kappa shape index (κ1) is 15.0. The molecule has 2 aromatic carbocycles. The summed E-state index contributed by atoms with van der Waals surface area (Å²) in [7, 11) is 0. The first-order valence-corrected chi connectivity index (χ1v) is 7.32. The molecule has 20 heavy (non-hydrogen) atoms. The number of halogens is 2. The van der Waals surface area contributed by atoms with Gasteiger partial charge in [-0.1, -0.05) is 40.2 Å². The summed E-state index contributed by atoms with van der Waals surface area (Å²) in [6.07, 6.45) is 0. The Kier molecular flexibility index (Phi) is 5.56. The molecule has 2 aromatic rings. The van der Waals surface area contributed by atoms with E-state index in [1.807, 2.05) is 43.3 Å². The summed E-state index contributed by atoms with van der Waals surface area (Å²) in [5.41, 5.74) is 0.660. The van der Waals surface area contributed by atoms with Crippen LogP contribution >= 0.6 is 15.9 Å². The summed E-state index contributed by atoms with van der Waals surface area (Å²) in [4.78, 5) is 0. The fourth-order valence-electron chi connectivity index (χ4n) is 1.92. The molecule has 0 bridgehead atoms. The maximum atomic E-state index is 13.8. The van der Waals surface area contributed by atoms with Crippen molar-refractivity contribution in [1.82, 2.24) is 5.32 Å². The minimum absolute atomic E-state index is 0.0533. The fraction of sp³-hybridized carbons (Fsp3) is 0.250. The molecule has 106 valence electrons. The molecule has 0 aromatic heterocycles. The van der Waals surface area contributed by atoms with Gasteiger partial charge >= 0.3 is 0 Å². The van der Waals surface area contributed by atoms with Crippen molar-refractivity contribution in [2.45, 2.75) is 13.0 Å². The molecule has 0 aliphatic heterocycles. The van der Waals surface area contributed by atoms with Crippen LogP contribution in [0.1, 0.15) is 18.5 Å². The normalized spacial score (nSPS) is 12.2. The lowest BCUT2D eigenvalue weighted by atomic mass is 10.1. The van der Waals surface area contributed by atoms with Crippen molar-refractivity contribution in [2.24, 2.45) is 0 Å². The maximum absolute atomic E-state index is 13.8. The highest BCUT2D eigenvalue weighted by atomic mass is 79.9. The quantitative estimate of drug-likeness (QED) is 0.792. The molecule has 0 aliphatic carbocycles. The Balaban J connectivity index is 1.79. The van der Waals surface area contributed by atoms with Gasteiger partial charge in [-0.25, -0.2) is 4.39 Å². The van der Waals surface area contributed by atoms with Crippen molar-refractivity contribution in [3.05, 3.63) is 64.4 Å². The van der Waals surface area contributed by atoms with E-state index in [9.17, 15) is 4.39 Å². The highest BCUT2D eigenvalue weighted by Gasteiger charge is 2.10. The van der Waals surface area contributed by atoms with Gasteiger partial charge in [-0.05, 0) is 31.2 Å². The van der Waals surface area contributed by atoms with Gasteiger partial charge in [0.15, 0.2) is 0 Å². The molecule has 1 N–H and O–H groups in total.